The quantitative estimate of drug-likeness (QED) is 0.158. The van der Waals surface area contributed by atoms with Gasteiger partial charge in [-0.05, 0) is 93.0 Å². The van der Waals surface area contributed by atoms with Gasteiger partial charge in [0.25, 0.3) is 0 Å². The molecule has 0 fully saturated rings. The lowest BCUT2D eigenvalue weighted by molar-refractivity contribution is 1.20. The van der Waals surface area contributed by atoms with Gasteiger partial charge in [0.2, 0.25) is 0 Å². The maximum atomic E-state index is 2.54. The molecule has 0 atom stereocenters. The predicted molar refractivity (Wildman–Crippen MR) is 292 cm³/mol. The third-order valence-corrected chi connectivity index (χ3v) is 14.8. The minimum Gasteiger partial charge on any atom is -0.308 e. The molecule has 0 aliphatic carbocycles. The second-order valence-electron chi connectivity index (χ2n) is 18.4. The highest BCUT2D eigenvalue weighted by atomic mass is 15.0. The van der Waals surface area contributed by atoms with Crippen LogP contribution in [0.5, 0.6) is 0 Å². The Morgan fingerprint density at radius 1 is 0.203 bits per heavy atom. The molecule has 0 aliphatic heterocycles. The lowest BCUT2D eigenvalue weighted by Crippen LogP contribution is -1.97. The summed E-state index contributed by atoms with van der Waals surface area (Å²) in [6, 6.07) is 91.7. The molecule has 0 saturated heterocycles. The van der Waals surface area contributed by atoms with Crippen molar-refractivity contribution in [1.82, 2.24) is 13.5 Å². The van der Waals surface area contributed by atoms with Crippen molar-refractivity contribution in [3.63, 3.8) is 0 Å². The molecule has 0 aliphatic rings. The van der Waals surface area contributed by atoms with E-state index < -0.39 is 0 Å². The molecule has 15 rings (SSSR count). The molecular formula is C66H41N3. The fraction of sp³-hybridized carbons (Fsp3) is 0. The lowest BCUT2D eigenvalue weighted by Gasteiger charge is -2.13. The number of fused-ring (bicyclic) bond motifs is 12. The molecule has 0 amide bonds. The highest BCUT2D eigenvalue weighted by molar-refractivity contribution is 6.27. The summed E-state index contributed by atoms with van der Waals surface area (Å²) < 4.78 is 7.61. The van der Waals surface area contributed by atoms with E-state index in [9.17, 15) is 0 Å². The molecule has 0 unspecified atom stereocenters. The van der Waals surface area contributed by atoms with Crippen molar-refractivity contribution in [2.75, 3.05) is 0 Å². The zero-order valence-electron chi connectivity index (χ0n) is 37.5. The van der Waals surface area contributed by atoms with Crippen molar-refractivity contribution >= 4 is 81.7 Å². The molecule has 0 N–H and O–H groups in total. The van der Waals surface area contributed by atoms with Crippen molar-refractivity contribution in [2.24, 2.45) is 0 Å². The van der Waals surface area contributed by atoms with E-state index in [0.29, 0.717) is 0 Å². The zero-order chi connectivity index (χ0) is 45.2. The number of nitrogens with zero attached hydrogens (tertiary/aromatic N) is 3. The highest BCUT2D eigenvalue weighted by Crippen LogP contribution is 2.47. The third-order valence-electron chi connectivity index (χ3n) is 14.8. The van der Waals surface area contributed by atoms with Gasteiger partial charge in [-0.1, -0.05) is 200 Å². The number of benzene rings is 11. The van der Waals surface area contributed by atoms with Crippen LogP contribution in [0.4, 0.5) is 0 Å². The molecule has 3 nitrogen and oxygen atoms in total. The van der Waals surface area contributed by atoms with Crippen LogP contribution in [-0.4, -0.2) is 13.5 Å². The van der Waals surface area contributed by atoms with Gasteiger partial charge in [0.1, 0.15) is 0 Å². The number of rotatable bonds is 6. The summed E-state index contributed by atoms with van der Waals surface area (Å²) in [5.74, 6) is 0. The molecule has 4 heterocycles. The SMILES string of the molecule is c1ccc(-c2ccc3c4ccc(-c5ccccc5)cc4n(-c4cccc5c4c4cccc6c7c(-n8c9cc(-c%10ccccc%10)ccc9c9ccc(-c%10ccccc%10)cc98)cccc7n5c46)c3c2)cc1. The van der Waals surface area contributed by atoms with E-state index in [-0.39, 0.29) is 0 Å². The number of aromatic nitrogens is 3. The van der Waals surface area contributed by atoms with Crippen LogP contribution >= 0.6 is 0 Å². The van der Waals surface area contributed by atoms with Gasteiger partial charge in [-0.15, -0.1) is 0 Å². The highest BCUT2D eigenvalue weighted by Gasteiger charge is 2.25. The van der Waals surface area contributed by atoms with Crippen LogP contribution in [0, 0.1) is 0 Å². The summed E-state index contributed by atoms with van der Waals surface area (Å²) in [6.45, 7) is 0. The van der Waals surface area contributed by atoms with E-state index in [1.807, 2.05) is 0 Å². The van der Waals surface area contributed by atoms with Gasteiger partial charge in [0, 0.05) is 43.1 Å². The molecule has 4 aromatic heterocycles. The first-order valence-corrected chi connectivity index (χ1v) is 23.8. The van der Waals surface area contributed by atoms with Crippen LogP contribution in [-0.2, 0) is 0 Å². The molecular weight excluding hydrogens is 835 g/mol. The van der Waals surface area contributed by atoms with Crippen molar-refractivity contribution in [2.45, 2.75) is 0 Å². The minimum absolute atomic E-state index is 1.17. The molecule has 0 radical (unpaired) electrons. The second kappa shape index (κ2) is 14.7. The molecule has 0 bridgehead atoms. The van der Waals surface area contributed by atoms with E-state index in [4.69, 9.17) is 0 Å². The van der Waals surface area contributed by atoms with Crippen LogP contribution in [0.3, 0.4) is 0 Å². The fourth-order valence-corrected chi connectivity index (χ4v) is 11.7. The summed E-state index contributed by atoms with van der Waals surface area (Å²) in [4.78, 5) is 0. The summed E-state index contributed by atoms with van der Waals surface area (Å²) in [5.41, 5.74) is 20.4. The monoisotopic (exact) mass is 875 g/mol. The smallest absolute Gasteiger partial charge is 0.0622 e. The van der Waals surface area contributed by atoms with Gasteiger partial charge in [-0.25, -0.2) is 0 Å². The topological polar surface area (TPSA) is 14.3 Å². The molecule has 15 aromatic rings. The van der Waals surface area contributed by atoms with Crippen LogP contribution in [0.15, 0.2) is 249 Å². The van der Waals surface area contributed by atoms with Crippen LogP contribution in [0.25, 0.3) is 138 Å². The van der Waals surface area contributed by atoms with Crippen LogP contribution < -0.4 is 0 Å². The van der Waals surface area contributed by atoms with Crippen molar-refractivity contribution in [1.29, 1.82) is 0 Å². The van der Waals surface area contributed by atoms with Crippen molar-refractivity contribution < 1.29 is 0 Å². The van der Waals surface area contributed by atoms with Crippen molar-refractivity contribution in [3.05, 3.63) is 249 Å². The Kier molecular flexibility index (Phi) is 8.07. The molecule has 3 heteroatoms. The van der Waals surface area contributed by atoms with Crippen LogP contribution in [0.2, 0.25) is 0 Å². The summed E-state index contributed by atoms with van der Waals surface area (Å²) in [7, 11) is 0. The number of para-hydroxylation sites is 1. The normalized spacial score (nSPS) is 12.1. The summed E-state index contributed by atoms with van der Waals surface area (Å²) >= 11 is 0. The third kappa shape index (κ3) is 5.56. The molecule has 0 spiro atoms. The average Bonchev–Trinajstić information content (AvgIpc) is 4.16. The molecule has 0 saturated carbocycles. The van der Waals surface area contributed by atoms with Crippen LogP contribution in [0.1, 0.15) is 0 Å². The predicted octanol–water partition coefficient (Wildman–Crippen LogP) is 17.7. The first-order chi connectivity index (χ1) is 34.2. The van der Waals surface area contributed by atoms with Crippen molar-refractivity contribution in [3.8, 4) is 55.9 Å². The number of hydrogen-bond acceptors (Lipinski definition) is 0. The van der Waals surface area contributed by atoms with Gasteiger partial charge >= 0.3 is 0 Å². The number of hydrogen-bond donors (Lipinski definition) is 0. The fourth-order valence-electron chi connectivity index (χ4n) is 11.7. The molecule has 320 valence electrons. The first kappa shape index (κ1) is 38.0. The van der Waals surface area contributed by atoms with E-state index in [0.717, 1.165) is 0 Å². The Morgan fingerprint density at radius 3 is 0.826 bits per heavy atom. The zero-order valence-corrected chi connectivity index (χ0v) is 37.5. The maximum absolute atomic E-state index is 2.54. The van der Waals surface area contributed by atoms with E-state index >= 15 is 0 Å². The van der Waals surface area contributed by atoms with Gasteiger partial charge in [0.05, 0.1) is 50.0 Å². The van der Waals surface area contributed by atoms with Gasteiger partial charge in [0.15, 0.2) is 0 Å². The largest absolute Gasteiger partial charge is 0.308 e. The molecule has 69 heavy (non-hydrogen) atoms. The minimum atomic E-state index is 1.17. The van der Waals surface area contributed by atoms with E-state index in [1.54, 1.807) is 0 Å². The first-order valence-electron chi connectivity index (χ1n) is 23.8. The maximum Gasteiger partial charge on any atom is 0.0622 e. The average molecular weight is 876 g/mol. The molecule has 11 aromatic carbocycles. The Bertz CT molecular complexity index is 4020. The summed E-state index contributed by atoms with van der Waals surface area (Å²) in [6.07, 6.45) is 0. The lowest BCUT2D eigenvalue weighted by atomic mass is 10.0. The Labute approximate surface area is 397 Å². The standard InChI is InChI=1S/C66H41N3/c1-5-16-42(17-6-1)46-30-34-50-51-35-31-47(43-18-7-2-8-19-43)39-61(51)67(60(50)38-46)56-26-14-28-58-64(56)54-24-13-25-55-65-57(27-15-29-59(65)69(58)66(54)55)68-62-40-48(44-20-9-3-10-21-44)32-36-52(62)53-37-33-49(41-63(53)68)45-22-11-4-12-23-45/h1-41H. The Hall–Kier alpha value is -9.18. The summed E-state index contributed by atoms with van der Waals surface area (Å²) in [5, 5.41) is 9.94. The Morgan fingerprint density at radius 2 is 0.507 bits per heavy atom. The van der Waals surface area contributed by atoms with Gasteiger partial charge < -0.3 is 13.5 Å². The van der Waals surface area contributed by atoms with Gasteiger partial charge in [-0.3, -0.25) is 0 Å². The van der Waals surface area contributed by atoms with Gasteiger partial charge in [-0.2, -0.15) is 0 Å². The second-order valence-corrected chi connectivity index (χ2v) is 18.4. The Balaban J connectivity index is 1.03. The van der Waals surface area contributed by atoms with E-state index in [2.05, 4.69) is 262 Å². The van der Waals surface area contributed by atoms with E-state index in [1.165, 1.54) is 138 Å².